The third-order valence-corrected chi connectivity index (χ3v) is 5.06. The lowest BCUT2D eigenvalue weighted by atomic mass is 10.1. The number of ether oxygens (including phenoxy) is 1. The molecule has 2 N–H and O–H groups in total. The fraction of sp³-hybridized carbons (Fsp3) is 0.350. The maximum atomic E-state index is 14.6. The quantitative estimate of drug-likeness (QED) is 0.519. The van der Waals surface area contributed by atoms with E-state index in [1.807, 2.05) is 6.07 Å². The highest BCUT2D eigenvalue weighted by Crippen LogP contribution is 2.30. The van der Waals surface area contributed by atoms with Gasteiger partial charge in [0.05, 0.1) is 29.4 Å². The normalized spacial score (nSPS) is 18.3. The van der Waals surface area contributed by atoms with E-state index < -0.39 is 25.2 Å². The van der Waals surface area contributed by atoms with E-state index in [0.29, 0.717) is 5.69 Å². The largest absolute Gasteiger partial charge is 0.469 e. The van der Waals surface area contributed by atoms with Crippen LogP contribution in [-0.2, 0) is 11.3 Å². The molecule has 33 heavy (non-hydrogen) atoms. The Morgan fingerprint density at radius 3 is 3.03 bits per heavy atom. The highest BCUT2D eigenvalue weighted by atomic mass is 19.3. The van der Waals surface area contributed by atoms with Crippen molar-refractivity contribution in [2.75, 3.05) is 18.4 Å². The molecule has 2 atom stereocenters. The number of likely N-dealkylation sites (tertiary alicyclic amines) is 1. The third-order valence-electron chi connectivity index (χ3n) is 5.06. The number of rotatable bonds is 7. The van der Waals surface area contributed by atoms with Gasteiger partial charge in [-0.25, -0.2) is 13.2 Å². The second kappa shape index (κ2) is 9.19. The summed E-state index contributed by atoms with van der Waals surface area (Å²) in [4.78, 5) is 24.8. The van der Waals surface area contributed by atoms with Crippen molar-refractivity contribution in [2.24, 2.45) is 0 Å². The second-order valence-corrected chi connectivity index (χ2v) is 7.31. The van der Waals surface area contributed by atoms with E-state index in [4.69, 9.17) is 4.74 Å². The van der Waals surface area contributed by atoms with Crippen molar-refractivity contribution in [1.82, 2.24) is 29.6 Å². The van der Waals surface area contributed by atoms with Gasteiger partial charge in [0.1, 0.15) is 30.5 Å². The molecule has 0 spiro atoms. The van der Waals surface area contributed by atoms with E-state index in [0.717, 1.165) is 10.8 Å². The van der Waals surface area contributed by atoms with Gasteiger partial charge in [-0.1, -0.05) is 6.58 Å². The molecule has 0 aromatic carbocycles. The van der Waals surface area contributed by atoms with Crippen molar-refractivity contribution in [3.63, 3.8) is 0 Å². The molecule has 3 aromatic rings. The van der Waals surface area contributed by atoms with Crippen LogP contribution in [-0.4, -0.2) is 67.3 Å². The van der Waals surface area contributed by atoms with Crippen LogP contribution in [0.4, 0.5) is 24.8 Å². The SMILES string of the molecule is C=CC(=O)N1CC[C@@H](F)[C@H](Oc2nc(Nc3cnn(CC(F)F)c3)nc3[nH]cc(C#N)c23)C1. The molecule has 4 heterocycles. The maximum absolute atomic E-state index is 14.6. The van der Waals surface area contributed by atoms with Gasteiger partial charge in [0.25, 0.3) is 6.43 Å². The number of nitrogens with zero attached hydrogens (tertiary/aromatic N) is 6. The minimum Gasteiger partial charge on any atom is -0.469 e. The molecule has 4 rings (SSSR count). The maximum Gasteiger partial charge on any atom is 0.257 e. The van der Waals surface area contributed by atoms with Gasteiger partial charge in [0.15, 0.2) is 0 Å². The summed E-state index contributed by atoms with van der Waals surface area (Å²) in [5.41, 5.74) is 0.794. The average molecular weight is 460 g/mol. The topological polar surface area (TPSA) is 125 Å². The zero-order valence-corrected chi connectivity index (χ0v) is 17.2. The van der Waals surface area contributed by atoms with E-state index in [1.54, 1.807) is 0 Å². The number of carbonyl (C=O) groups excluding carboxylic acids is 1. The number of alkyl halides is 3. The number of aromatic amines is 1. The Hall–Kier alpha value is -4.08. The first kappa shape index (κ1) is 22.1. The molecule has 1 saturated heterocycles. The van der Waals surface area contributed by atoms with Crippen LogP contribution in [0.15, 0.2) is 31.2 Å². The number of aromatic nitrogens is 5. The number of fused-ring (bicyclic) bond motifs is 1. The highest BCUT2D eigenvalue weighted by molar-refractivity contribution is 5.89. The highest BCUT2D eigenvalue weighted by Gasteiger charge is 2.33. The van der Waals surface area contributed by atoms with Crippen molar-refractivity contribution in [3.05, 3.63) is 36.8 Å². The number of carbonyl (C=O) groups is 1. The summed E-state index contributed by atoms with van der Waals surface area (Å²) < 4.78 is 46.7. The predicted molar refractivity (Wildman–Crippen MR) is 111 cm³/mol. The zero-order chi connectivity index (χ0) is 23.5. The fourth-order valence-electron chi connectivity index (χ4n) is 3.50. The van der Waals surface area contributed by atoms with E-state index in [1.165, 1.54) is 23.5 Å². The van der Waals surface area contributed by atoms with E-state index in [-0.39, 0.29) is 53.8 Å². The van der Waals surface area contributed by atoms with E-state index in [2.05, 4.69) is 31.9 Å². The lowest BCUT2D eigenvalue weighted by Crippen LogP contribution is -2.49. The van der Waals surface area contributed by atoms with E-state index >= 15 is 0 Å². The third kappa shape index (κ3) is 4.74. The van der Waals surface area contributed by atoms with Gasteiger partial charge in [-0.3, -0.25) is 9.48 Å². The monoisotopic (exact) mass is 460 g/mol. The van der Waals surface area contributed by atoms with Gasteiger partial charge >= 0.3 is 0 Å². The van der Waals surface area contributed by atoms with Crippen LogP contribution < -0.4 is 10.1 Å². The van der Waals surface area contributed by atoms with Crippen molar-refractivity contribution in [2.45, 2.75) is 31.7 Å². The molecule has 0 bridgehead atoms. The van der Waals surface area contributed by atoms with Crippen molar-refractivity contribution in [1.29, 1.82) is 5.26 Å². The Morgan fingerprint density at radius 2 is 2.30 bits per heavy atom. The van der Waals surface area contributed by atoms with Crippen LogP contribution in [0.3, 0.4) is 0 Å². The Bertz CT molecular complexity index is 1220. The fourth-order valence-corrected chi connectivity index (χ4v) is 3.50. The number of hydrogen-bond donors (Lipinski definition) is 2. The number of nitrogens with one attached hydrogen (secondary N) is 2. The van der Waals surface area contributed by atoms with Gasteiger partial charge < -0.3 is 19.9 Å². The molecule has 0 saturated carbocycles. The molecule has 0 aliphatic carbocycles. The number of H-pyrrole nitrogens is 1. The summed E-state index contributed by atoms with van der Waals surface area (Å²) in [6, 6.07) is 2.00. The lowest BCUT2D eigenvalue weighted by Gasteiger charge is -2.34. The minimum atomic E-state index is -2.56. The Morgan fingerprint density at radius 1 is 1.48 bits per heavy atom. The van der Waals surface area contributed by atoms with E-state index in [9.17, 15) is 23.2 Å². The van der Waals surface area contributed by atoms with Gasteiger partial charge in [-0.15, -0.1) is 0 Å². The number of nitriles is 1. The summed E-state index contributed by atoms with van der Waals surface area (Å²) in [6.07, 6.45) is 0.362. The Kier molecular flexibility index (Phi) is 6.16. The minimum absolute atomic E-state index is 0.0191. The summed E-state index contributed by atoms with van der Waals surface area (Å²) in [7, 11) is 0. The number of amides is 1. The number of halogens is 3. The number of hydrogen-bond acceptors (Lipinski definition) is 7. The molecule has 13 heteroatoms. The lowest BCUT2D eigenvalue weighted by molar-refractivity contribution is -0.130. The van der Waals surface area contributed by atoms with Gasteiger partial charge in [0, 0.05) is 18.9 Å². The first-order chi connectivity index (χ1) is 15.9. The van der Waals surface area contributed by atoms with Crippen molar-refractivity contribution >= 4 is 28.6 Å². The summed E-state index contributed by atoms with van der Waals surface area (Å²) in [5, 5.41) is 16.4. The molecule has 0 unspecified atom stereocenters. The first-order valence-corrected chi connectivity index (χ1v) is 9.97. The molecular formula is C20H19F3N8O2. The Balaban J connectivity index is 1.64. The summed E-state index contributed by atoms with van der Waals surface area (Å²) >= 11 is 0. The van der Waals surface area contributed by atoms with Crippen LogP contribution in [0, 0.1) is 11.3 Å². The van der Waals surface area contributed by atoms with Crippen LogP contribution in [0.1, 0.15) is 12.0 Å². The zero-order valence-electron chi connectivity index (χ0n) is 17.2. The van der Waals surface area contributed by atoms with Crippen LogP contribution in [0.5, 0.6) is 5.88 Å². The molecule has 1 fully saturated rings. The Labute approximate surface area is 185 Å². The summed E-state index contributed by atoms with van der Waals surface area (Å²) in [6.45, 7) is 3.08. The van der Waals surface area contributed by atoms with Crippen LogP contribution in [0.2, 0.25) is 0 Å². The van der Waals surface area contributed by atoms with Crippen LogP contribution >= 0.6 is 0 Å². The van der Waals surface area contributed by atoms with Gasteiger partial charge in [-0.05, 0) is 12.5 Å². The first-order valence-electron chi connectivity index (χ1n) is 9.97. The predicted octanol–water partition coefficient (Wildman–Crippen LogP) is 2.54. The molecular weight excluding hydrogens is 441 g/mol. The van der Waals surface area contributed by atoms with Crippen molar-refractivity contribution in [3.8, 4) is 11.9 Å². The van der Waals surface area contributed by atoms with Crippen molar-refractivity contribution < 1.29 is 22.7 Å². The average Bonchev–Trinajstić information content (AvgIpc) is 3.40. The molecule has 172 valence electrons. The molecule has 1 aliphatic heterocycles. The molecule has 1 aliphatic rings. The van der Waals surface area contributed by atoms with Crippen LogP contribution in [0.25, 0.3) is 11.0 Å². The summed E-state index contributed by atoms with van der Waals surface area (Å²) in [5.74, 6) is -0.377. The second-order valence-electron chi connectivity index (χ2n) is 7.31. The van der Waals surface area contributed by atoms with Gasteiger partial charge in [-0.2, -0.15) is 20.3 Å². The molecule has 10 nitrogen and oxygen atoms in total. The number of piperidine rings is 1. The molecule has 3 aromatic heterocycles. The molecule has 0 radical (unpaired) electrons. The smallest absolute Gasteiger partial charge is 0.257 e. The standard InChI is InChI=1S/C20H19F3N8O2/c1-2-16(32)30-4-3-13(21)14(9-30)33-19-17-11(5-24)6-25-18(17)28-20(29-19)27-12-7-26-31(8-12)10-15(22)23/h2,6-8,13-15H,1,3-4,9-10H2,(H2,25,27,28,29)/t13-,14-/m1/s1. The van der Waals surface area contributed by atoms with Gasteiger partial charge in [0.2, 0.25) is 17.7 Å². The number of anilines is 2. The molecule has 1 amide bonds.